The summed E-state index contributed by atoms with van der Waals surface area (Å²) in [6.45, 7) is 0.878. The predicted molar refractivity (Wildman–Crippen MR) is 69.8 cm³/mol. The molecule has 1 heterocycles. The lowest BCUT2D eigenvalue weighted by Gasteiger charge is -2.36. The van der Waals surface area contributed by atoms with Crippen LogP contribution < -0.4 is 11.1 Å². The molecule has 0 aromatic carbocycles. The average Bonchev–Trinajstić information content (AvgIpc) is 2.76. The Kier molecular flexibility index (Phi) is 3.47. The minimum absolute atomic E-state index is 0.244. The molecule has 0 saturated heterocycles. The smallest absolute Gasteiger partial charge is 0.224 e. The van der Waals surface area contributed by atoms with Gasteiger partial charge < -0.3 is 16.0 Å². The SMILES string of the molecule is CN(C)C1(CNc2nccc(N)n2)CCCC1. The predicted octanol–water partition coefficient (Wildman–Crippen LogP) is 1.35. The molecule has 0 radical (unpaired) electrons. The number of nitrogens with zero attached hydrogens (tertiary/aromatic N) is 3. The van der Waals surface area contributed by atoms with Gasteiger partial charge in [0.1, 0.15) is 5.82 Å². The van der Waals surface area contributed by atoms with E-state index >= 15 is 0 Å². The van der Waals surface area contributed by atoms with Crippen molar-refractivity contribution in [3.63, 3.8) is 0 Å². The van der Waals surface area contributed by atoms with Crippen LogP contribution >= 0.6 is 0 Å². The highest BCUT2D eigenvalue weighted by Gasteiger charge is 2.35. The highest BCUT2D eigenvalue weighted by Crippen LogP contribution is 2.33. The summed E-state index contributed by atoms with van der Waals surface area (Å²) in [5, 5.41) is 3.31. The van der Waals surface area contributed by atoms with Gasteiger partial charge in [-0.1, -0.05) is 12.8 Å². The van der Waals surface area contributed by atoms with Gasteiger partial charge in [0, 0.05) is 18.3 Å². The van der Waals surface area contributed by atoms with E-state index in [1.54, 1.807) is 12.3 Å². The number of hydrogen-bond acceptors (Lipinski definition) is 5. The molecular weight excluding hydrogens is 214 g/mol. The summed E-state index contributed by atoms with van der Waals surface area (Å²) in [5.74, 6) is 1.13. The number of nitrogen functional groups attached to an aromatic ring is 1. The molecule has 1 aromatic heterocycles. The number of anilines is 2. The van der Waals surface area contributed by atoms with Crippen molar-refractivity contribution < 1.29 is 0 Å². The summed E-state index contributed by atoms with van der Waals surface area (Å²) < 4.78 is 0. The largest absolute Gasteiger partial charge is 0.384 e. The van der Waals surface area contributed by atoms with Crippen LogP contribution in [-0.2, 0) is 0 Å². The van der Waals surface area contributed by atoms with E-state index in [1.165, 1.54) is 25.7 Å². The van der Waals surface area contributed by atoms with E-state index in [0.29, 0.717) is 11.8 Å². The van der Waals surface area contributed by atoms with Gasteiger partial charge in [0.15, 0.2) is 0 Å². The van der Waals surface area contributed by atoms with Crippen LogP contribution in [0, 0.1) is 0 Å². The first-order valence-corrected chi connectivity index (χ1v) is 6.12. The highest BCUT2D eigenvalue weighted by molar-refractivity contribution is 5.35. The Labute approximate surface area is 102 Å². The molecule has 0 amide bonds. The summed E-state index contributed by atoms with van der Waals surface area (Å²) in [6, 6.07) is 1.70. The van der Waals surface area contributed by atoms with Crippen LogP contribution in [0.15, 0.2) is 12.3 Å². The number of aromatic nitrogens is 2. The van der Waals surface area contributed by atoms with Gasteiger partial charge in [-0.25, -0.2) is 4.98 Å². The van der Waals surface area contributed by atoms with Crippen molar-refractivity contribution in [2.45, 2.75) is 31.2 Å². The molecule has 5 heteroatoms. The molecule has 1 saturated carbocycles. The summed E-state index contributed by atoms with van der Waals surface area (Å²) in [5.41, 5.74) is 5.88. The Hall–Kier alpha value is -1.36. The quantitative estimate of drug-likeness (QED) is 0.824. The maximum atomic E-state index is 5.63. The maximum Gasteiger partial charge on any atom is 0.224 e. The van der Waals surface area contributed by atoms with Gasteiger partial charge in [0.25, 0.3) is 0 Å². The van der Waals surface area contributed by atoms with Gasteiger partial charge in [0.05, 0.1) is 0 Å². The maximum absolute atomic E-state index is 5.63. The summed E-state index contributed by atoms with van der Waals surface area (Å²) in [7, 11) is 4.29. The van der Waals surface area contributed by atoms with Crippen molar-refractivity contribution in [2.24, 2.45) is 0 Å². The molecule has 2 rings (SSSR count). The summed E-state index contributed by atoms with van der Waals surface area (Å²) in [6.07, 6.45) is 6.75. The Morgan fingerprint density at radius 1 is 1.41 bits per heavy atom. The fraction of sp³-hybridized carbons (Fsp3) is 0.667. The minimum Gasteiger partial charge on any atom is -0.384 e. The first-order chi connectivity index (χ1) is 8.12. The van der Waals surface area contributed by atoms with Crippen molar-refractivity contribution >= 4 is 11.8 Å². The van der Waals surface area contributed by atoms with Crippen LogP contribution in [0.1, 0.15) is 25.7 Å². The summed E-state index contributed by atoms with van der Waals surface area (Å²) >= 11 is 0. The molecule has 5 nitrogen and oxygen atoms in total. The lowest BCUT2D eigenvalue weighted by atomic mass is 9.96. The van der Waals surface area contributed by atoms with Crippen molar-refractivity contribution in [1.29, 1.82) is 0 Å². The second-order valence-electron chi connectivity index (χ2n) is 4.98. The number of hydrogen-bond donors (Lipinski definition) is 2. The molecule has 0 atom stereocenters. The average molecular weight is 235 g/mol. The molecule has 1 aromatic rings. The molecule has 1 aliphatic rings. The van der Waals surface area contributed by atoms with Crippen LogP contribution in [0.3, 0.4) is 0 Å². The van der Waals surface area contributed by atoms with Crippen molar-refractivity contribution in [3.05, 3.63) is 12.3 Å². The van der Waals surface area contributed by atoms with Crippen LogP contribution in [0.25, 0.3) is 0 Å². The molecule has 0 bridgehead atoms. The van der Waals surface area contributed by atoms with E-state index in [2.05, 4.69) is 34.3 Å². The van der Waals surface area contributed by atoms with Crippen molar-refractivity contribution in [2.75, 3.05) is 31.7 Å². The molecule has 3 N–H and O–H groups in total. The highest BCUT2D eigenvalue weighted by atomic mass is 15.2. The van der Waals surface area contributed by atoms with E-state index in [4.69, 9.17) is 5.73 Å². The van der Waals surface area contributed by atoms with Gasteiger partial charge in [-0.15, -0.1) is 0 Å². The zero-order valence-electron chi connectivity index (χ0n) is 10.6. The normalized spacial score (nSPS) is 18.5. The van der Waals surface area contributed by atoms with Gasteiger partial charge >= 0.3 is 0 Å². The zero-order valence-corrected chi connectivity index (χ0v) is 10.6. The lowest BCUT2D eigenvalue weighted by Crippen LogP contribution is -2.47. The van der Waals surface area contributed by atoms with E-state index in [9.17, 15) is 0 Å². The molecule has 0 spiro atoms. The third kappa shape index (κ3) is 2.66. The molecule has 0 aliphatic heterocycles. The topological polar surface area (TPSA) is 67.1 Å². The van der Waals surface area contributed by atoms with Gasteiger partial charge in [-0.05, 0) is 33.0 Å². The van der Waals surface area contributed by atoms with Crippen LogP contribution in [0.4, 0.5) is 11.8 Å². The second kappa shape index (κ2) is 4.87. The third-order valence-electron chi connectivity index (χ3n) is 3.74. The van der Waals surface area contributed by atoms with Gasteiger partial charge in [-0.2, -0.15) is 4.98 Å². The first-order valence-electron chi connectivity index (χ1n) is 6.12. The Balaban J connectivity index is 2.01. The molecular formula is C12H21N5. The van der Waals surface area contributed by atoms with Gasteiger partial charge in [-0.3, -0.25) is 0 Å². The van der Waals surface area contributed by atoms with E-state index < -0.39 is 0 Å². The standard InChI is InChI=1S/C12H21N5/c1-17(2)12(6-3-4-7-12)9-15-11-14-8-5-10(13)16-11/h5,8H,3-4,6-7,9H2,1-2H3,(H3,13,14,15,16). The van der Waals surface area contributed by atoms with Crippen LogP contribution in [0.2, 0.25) is 0 Å². The molecule has 0 unspecified atom stereocenters. The minimum atomic E-state index is 0.244. The first kappa shape index (κ1) is 12.1. The van der Waals surface area contributed by atoms with Crippen LogP contribution in [-0.4, -0.2) is 41.0 Å². The Bertz CT molecular complexity index is 371. The third-order valence-corrected chi connectivity index (χ3v) is 3.74. The van der Waals surface area contributed by atoms with E-state index in [1.807, 2.05) is 0 Å². The van der Waals surface area contributed by atoms with E-state index in [-0.39, 0.29) is 5.54 Å². The number of nitrogens with one attached hydrogen (secondary N) is 1. The molecule has 1 aliphatic carbocycles. The fourth-order valence-corrected chi connectivity index (χ4v) is 2.52. The number of rotatable bonds is 4. The molecule has 1 fully saturated rings. The summed E-state index contributed by atoms with van der Waals surface area (Å²) in [4.78, 5) is 10.7. The molecule has 94 valence electrons. The Morgan fingerprint density at radius 3 is 2.71 bits per heavy atom. The van der Waals surface area contributed by atoms with Crippen LogP contribution in [0.5, 0.6) is 0 Å². The lowest BCUT2D eigenvalue weighted by molar-refractivity contribution is 0.172. The molecule has 17 heavy (non-hydrogen) atoms. The Morgan fingerprint density at radius 2 is 2.12 bits per heavy atom. The second-order valence-corrected chi connectivity index (χ2v) is 4.98. The number of likely N-dealkylation sites (N-methyl/N-ethyl adjacent to an activating group) is 1. The fourth-order valence-electron chi connectivity index (χ4n) is 2.52. The zero-order chi connectivity index (χ0) is 12.3. The monoisotopic (exact) mass is 235 g/mol. The van der Waals surface area contributed by atoms with Gasteiger partial charge in [0.2, 0.25) is 5.95 Å². The van der Waals surface area contributed by atoms with Crippen molar-refractivity contribution in [1.82, 2.24) is 14.9 Å². The van der Waals surface area contributed by atoms with E-state index in [0.717, 1.165) is 6.54 Å². The number of nitrogens with two attached hydrogens (primary N) is 1. The van der Waals surface area contributed by atoms with Crippen molar-refractivity contribution in [3.8, 4) is 0 Å².